The molecule has 0 spiro atoms. The van der Waals surface area contributed by atoms with Gasteiger partial charge in [-0.25, -0.2) is 0 Å². The largest absolute Gasteiger partial charge is 0.491 e. The van der Waals surface area contributed by atoms with Crippen LogP contribution in [-0.4, -0.2) is 50.4 Å². The lowest BCUT2D eigenvalue weighted by atomic mass is 10.2. The number of rotatable bonds is 6. The first-order chi connectivity index (χ1) is 8.88. The highest BCUT2D eigenvalue weighted by Gasteiger charge is 2.20. The Bertz CT molecular complexity index is 332. The summed E-state index contributed by atoms with van der Waals surface area (Å²) in [6.07, 6.45) is 1.21. The second-order valence-electron chi connectivity index (χ2n) is 4.56. The lowest BCUT2D eigenvalue weighted by molar-refractivity contribution is -0.0479. The number of morpholine rings is 1. The third-order valence-corrected chi connectivity index (χ3v) is 3.08. The Morgan fingerprint density at radius 1 is 1.33 bits per heavy atom. The minimum atomic E-state index is 0.164. The highest BCUT2D eigenvalue weighted by atomic mass is 16.5. The van der Waals surface area contributed by atoms with Crippen molar-refractivity contribution in [2.24, 2.45) is 5.73 Å². The van der Waals surface area contributed by atoms with Gasteiger partial charge in [-0.1, -0.05) is 18.2 Å². The number of hydrogen-bond donors (Lipinski definition) is 1. The maximum absolute atomic E-state index is 5.72. The summed E-state index contributed by atoms with van der Waals surface area (Å²) in [5, 5.41) is 0. The van der Waals surface area contributed by atoms with Crippen LogP contribution in [0.2, 0.25) is 0 Å². The van der Waals surface area contributed by atoms with E-state index in [1.807, 2.05) is 30.3 Å². The zero-order valence-electron chi connectivity index (χ0n) is 10.8. The van der Waals surface area contributed by atoms with Gasteiger partial charge in [0, 0.05) is 13.1 Å². The number of nitrogens with zero attached hydrogens (tertiary/aromatic N) is 1. The van der Waals surface area contributed by atoms with Gasteiger partial charge >= 0.3 is 0 Å². The number of para-hydroxylation sites is 1. The Labute approximate surface area is 109 Å². The quantitative estimate of drug-likeness (QED) is 0.822. The molecule has 1 atom stereocenters. The van der Waals surface area contributed by atoms with E-state index in [9.17, 15) is 0 Å². The zero-order chi connectivity index (χ0) is 12.6. The number of ether oxygens (including phenoxy) is 2. The van der Waals surface area contributed by atoms with Gasteiger partial charge in [0.15, 0.2) is 0 Å². The molecule has 1 unspecified atom stereocenters. The fourth-order valence-electron chi connectivity index (χ4n) is 2.11. The molecular weight excluding hydrogens is 228 g/mol. The maximum atomic E-state index is 5.72. The molecule has 0 aliphatic carbocycles. The Kier molecular flexibility index (Phi) is 5.45. The Balaban J connectivity index is 1.72. The van der Waals surface area contributed by atoms with E-state index >= 15 is 0 Å². The third-order valence-electron chi connectivity index (χ3n) is 3.08. The van der Waals surface area contributed by atoms with Gasteiger partial charge in [0.25, 0.3) is 0 Å². The molecule has 1 saturated heterocycles. The SMILES string of the molecule is NCCCN1CCOC(COc2ccccc2)C1. The Morgan fingerprint density at radius 2 is 2.17 bits per heavy atom. The van der Waals surface area contributed by atoms with E-state index in [1.54, 1.807) is 0 Å². The summed E-state index contributed by atoms with van der Waals surface area (Å²) >= 11 is 0. The van der Waals surface area contributed by atoms with Crippen molar-refractivity contribution in [3.05, 3.63) is 30.3 Å². The fraction of sp³-hybridized carbons (Fsp3) is 0.571. The van der Waals surface area contributed by atoms with Crippen molar-refractivity contribution in [1.29, 1.82) is 0 Å². The van der Waals surface area contributed by atoms with Crippen LogP contribution in [0.4, 0.5) is 0 Å². The monoisotopic (exact) mass is 250 g/mol. The van der Waals surface area contributed by atoms with Crippen LogP contribution in [0.25, 0.3) is 0 Å². The van der Waals surface area contributed by atoms with E-state index in [0.717, 1.165) is 45.0 Å². The summed E-state index contributed by atoms with van der Waals surface area (Å²) in [6.45, 7) is 5.15. The maximum Gasteiger partial charge on any atom is 0.119 e. The van der Waals surface area contributed by atoms with E-state index in [4.69, 9.17) is 15.2 Å². The molecule has 1 heterocycles. The highest BCUT2D eigenvalue weighted by Crippen LogP contribution is 2.11. The predicted molar refractivity (Wildman–Crippen MR) is 71.8 cm³/mol. The van der Waals surface area contributed by atoms with Crippen LogP contribution in [0.15, 0.2) is 30.3 Å². The summed E-state index contributed by atoms with van der Waals surface area (Å²) in [7, 11) is 0. The van der Waals surface area contributed by atoms with Crippen LogP contribution in [0, 0.1) is 0 Å². The summed E-state index contributed by atoms with van der Waals surface area (Å²) < 4.78 is 11.4. The molecular formula is C14H22N2O2. The van der Waals surface area contributed by atoms with E-state index in [0.29, 0.717) is 6.61 Å². The first kappa shape index (κ1) is 13.3. The lowest BCUT2D eigenvalue weighted by Gasteiger charge is -2.32. The van der Waals surface area contributed by atoms with Crippen molar-refractivity contribution < 1.29 is 9.47 Å². The Hall–Kier alpha value is -1.10. The lowest BCUT2D eigenvalue weighted by Crippen LogP contribution is -2.45. The molecule has 4 nitrogen and oxygen atoms in total. The summed E-state index contributed by atoms with van der Waals surface area (Å²) in [5.41, 5.74) is 5.53. The van der Waals surface area contributed by atoms with Gasteiger partial charge in [0.05, 0.1) is 6.61 Å². The molecule has 2 rings (SSSR count). The molecule has 1 aliphatic rings. The van der Waals surface area contributed by atoms with Gasteiger partial charge in [-0.2, -0.15) is 0 Å². The van der Waals surface area contributed by atoms with Crippen molar-refractivity contribution in [1.82, 2.24) is 4.90 Å². The summed E-state index contributed by atoms with van der Waals surface area (Å²) in [6, 6.07) is 9.87. The van der Waals surface area contributed by atoms with Crippen LogP contribution < -0.4 is 10.5 Å². The van der Waals surface area contributed by atoms with Gasteiger partial charge in [0.2, 0.25) is 0 Å². The van der Waals surface area contributed by atoms with Crippen LogP contribution in [-0.2, 0) is 4.74 Å². The van der Waals surface area contributed by atoms with Crippen molar-refractivity contribution in [3.8, 4) is 5.75 Å². The molecule has 0 aromatic heterocycles. The van der Waals surface area contributed by atoms with Gasteiger partial charge in [-0.3, -0.25) is 4.90 Å². The van der Waals surface area contributed by atoms with Crippen molar-refractivity contribution in [3.63, 3.8) is 0 Å². The van der Waals surface area contributed by atoms with Gasteiger partial charge < -0.3 is 15.2 Å². The van der Waals surface area contributed by atoms with Crippen LogP contribution >= 0.6 is 0 Å². The van der Waals surface area contributed by atoms with Crippen LogP contribution in [0.5, 0.6) is 5.75 Å². The fourth-order valence-corrected chi connectivity index (χ4v) is 2.11. The first-order valence-corrected chi connectivity index (χ1v) is 6.60. The van der Waals surface area contributed by atoms with Crippen LogP contribution in [0.1, 0.15) is 6.42 Å². The van der Waals surface area contributed by atoms with Crippen molar-refractivity contribution >= 4 is 0 Å². The summed E-state index contributed by atoms with van der Waals surface area (Å²) in [4.78, 5) is 2.40. The topological polar surface area (TPSA) is 47.7 Å². The molecule has 0 radical (unpaired) electrons. The number of nitrogens with two attached hydrogens (primary N) is 1. The molecule has 1 aromatic carbocycles. The molecule has 1 aliphatic heterocycles. The van der Waals surface area contributed by atoms with E-state index < -0.39 is 0 Å². The highest BCUT2D eigenvalue weighted by molar-refractivity contribution is 5.20. The average molecular weight is 250 g/mol. The normalized spacial score (nSPS) is 20.8. The van der Waals surface area contributed by atoms with Crippen LogP contribution in [0.3, 0.4) is 0 Å². The second kappa shape index (κ2) is 7.36. The second-order valence-corrected chi connectivity index (χ2v) is 4.56. The molecule has 18 heavy (non-hydrogen) atoms. The molecule has 1 aromatic rings. The number of hydrogen-bond acceptors (Lipinski definition) is 4. The van der Waals surface area contributed by atoms with Gasteiger partial charge in [-0.05, 0) is 31.6 Å². The van der Waals surface area contributed by atoms with E-state index in [-0.39, 0.29) is 6.10 Å². The number of benzene rings is 1. The zero-order valence-corrected chi connectivity index (χ0v) is 10.8. The molecule has 1 fully saturated rings. The minimum Gasteiger partial charge on any atom is -0.491 e. The third kappa shape index (κ3) is 4.29. The average Bonchev–Trinajstić information content (AvgIpc) is 2.44. The smallest absolute Gasteiger partial charge is 0.119 e. The molecule has 4 heteroatoms. The van der Waals surface area contributed by atoms with E-state index in [1.165, 1.54) is 0 Å². The van der Waals surface area contributed by atoms with Gasteiger partial charge in [0.1, 0.15) is 18.5 Å². The molecule has 0 amide bonds. The van der Waals surface area contributed by atoms with Gasteiger partial charge in [-0.15, -0.1) is 0 Å². The Morgan fingerprint density at radius 3 is 2.94 bits per heavy atom. The first-order valence-electron chi connectivity index (χ1n) is 6.60. The minimum absolute atomic E-state index is 0.164. The van der Waals surface area contributed by atoms with Crippen molar-refractivity contribution in [2.75, 3.05) is 39.4 Å². The molecule has 0 saturated carbocycles. The summed E-state index contributed by atoms with van der Waals surface area (Å²) in [5.74, 6) is 0.903. The van der Waals surface area contributed by atoms with E-state index in [2.05, 4.69) is 4.90 Å². The molecule has 100 valence electrons. The molecule has 2 N–H and O–H groups in total. The van der Waals surface area contributed by atoms with Crippen molar-refractivity contribution in [2.45, 2.75) is 12.5 Å². The molecule has 0 bridgehead atoms. The predicted octanol–water partition coefficient (Wildman–Crippen LogP) is 1.11. The standard InChI is InChI=1S/C14H22N2O2/c15-7-4-8-16-9-10-17-14(11-16)12-18-13-5-2-1-3-6-13/h1-3,5-6,14H,4,7-12,15H2.